The summed E-state index contributed by atoms with van der Waals surface area (Å²) in [6.45, 7) is 2.58. The van der Waals surface area contributed by atoms with E-state index in [4.69, 9.17) is 5.11 Å². The summed E-state index contributed by atoms with van der Waals surface area (Å²) in [6.07, 6.45) is 1.60. The number of H-pyrrole nitrogens is 1. The topological polar surface area (TPSA) is 115 Å². The zero-order valence-electron chi connectivity index (χ0n) is 11.1. The largest absolute Gasteiger partial charge is 0.479 e. The summed E-state index contributed by atoms with van der Waals surface area (Å²) in [4.78, 5) is 22.9. The highest BCUT2D eigenvalue weighted by molar-refractivity contribution is 6.05. The van der Waals surface area contributed by atoms with Gasteiger partial charge in [-0.1, -0.05) is 0 Å². The number of hydrogen-bond acceptors (Lipinski definition) is 4. The fourth-order valence-corrected chi connectivity index (χ4v) is 1.81. The van der Waals surface area contributed by atoms with Gasteiger partial charge in [-0.3, -0.25) is 9.89 Å². The van der Waals surface area contributed by atoms with Gasteiger partial charge in [-0.2, -0.15) is 5.10 Å². The van der Waals surface area contributed by atoms with Gasteiger partial charge in [0.1, 0.15) is 0 Å². The first-order valence-corrected chi connectivity index (χ1v) is 5.99. The van der Waals surface area contributed by atoms with Crippen molar-refractivity contribution in [3.63, 3.8) is 0 Å². The number of amides is 1. The molecule has 106 valence electrons. The lowest BCUT2D eigenvalue weighted by molar-refractivity contribution is -0.155. The van der Waals surface area contributed by atoms with E-state index in [1.165, 1.54) is 0 Å². The molecule has 0 aliphatic carbocycles. The van der Waals surface area contributed by atoms with Crippen LogP contribution in [0.5, 0.6) is 0 Å². The first-order valence-electron chi connectivity index (χ1n) is 5.99. The second-order valence-corrected chi connectivity index (χ2v) is 4.91. The van der Waals surface area contributed by atoms with Crippen molar-refractivity contribution in [2.45, 2.75) is 19.4 Å². The molecule has 20 heavy (non-hydrogen) atoms. The van der Waals surface area contributed by atoms with Crippen LogP contribution in [0.2, 0.25) is 0 Å². The van der Waals surface area contributed by atoms with Crippen molar-refractivity contribution in [2.24, 2.45) is 0 Å². The van der Waals surface area contributed by atoms with Crippen molar-refractivity contribution in [1.29, 1.82) is 0 Å². The first kappa shape index (κ1) is 14.0. The Bertz CT molecular complexity index is 675. The van der Waals surface area contributed by atoms with Gasteiger partial charge < -0.3 is 15.5 Å². The predicted octanol–water partition coefficient (Wildman–Crippen LogP) is 0.437. The minimum atomic E-state index is -2.01. The Kier molecular flexibility index (Phi) is 3.46. The summed E-state index contributed by atoms with van der Waals surface area (Å²) in [5, 5.41) is 28.2. The number of aromatic amines is 1. The Hall–Kier alpha value is -2.41. The molecule has 2 rings (SSSR count). The third-order valence-electron chi connectivity index (χ3n) is 2.99. The lowest BCUT2D eigenvalue weighted by Crippen LogP contribution is -2.46. The molecule has 1 amide bonds. The normalized spacial score (nSPS) is 13.9. The molecule has 7 nitrogen and oxygen atoms in total. The molecule has 1 unspecified atom stereocenters. The van der Waals surface area contributed by atoms with Crippen LogP contribution in [0.4, 0.5) is 0 Å². The zero-order chi connectivity index (χ0) is 14.9. The Balaban J connectivity index is 2.24. The molecular formula is C13H15N3O4. The van der Waals surface area contributed by atoms with Crippen LogP contribution in [-0.2, 0) is 4.79 Å². The van der Waals surface area contributed by atoms with Gasteiger partial charge in [-0.15, -0.1) is 0 Å². The van der Waals surface area contributed by atoms with E-state index in [0.29, 0.717) is 11.1 Å². The molecule has 0 saturated heterocycles. The van der Waals surface area contributed by atoms with Crippen molar-refractivity contribution >= 4 is 22.8 Å². The number of carboxylic acids is 1. The highest BCUT2D eigenvalue weighted by Gasteiger charge is 2.30. The number of carboxylic acid groups (broad SMARTS) is 1. The predicted molar refractivity (Wildman–Crippen MR) is 71.4 cm³/mol. The number of nitrogens with zero attached hydrogens (tertiary/aromatic N) is 1. The van der Waals surface area contributed by atoms with E-state index in [0.717, 1.165) is 17.9 Å². The number of aliphatic hydroxyl groups is 1. The second kappa shape index (κ2) is 4.93. The molecule has 1 aromatic heterocycles. The van der Waals surface area contributed by atoms with Crippen LogP contribution >= 0.6 is 0 Å². The van der Waals surface area contributed by atoms with Crippen LogP contribution < -0.4 is 5.32 Å². The SMILES string of the molecule is Cc1cc(C(=O)NCC(C)(O)C(=O)O)c2[nH]ncc2c1. The number of hydrogen-bond donors (Lipinski definition) is 4. The van der Waals surface area contributed by atoms with Crippen LogP contribution in [0.3, 0.4) is 0 Å². The van der Waals surface area contributed by atoms with Crippen molar-refractivity contribution in [2.75, 3.05) is 6.54 Å². The minimum absolute atomic E-state index is 0.360. The highest BCUT2D eigenvalue weighted by Crippen LogP contribution is 2.18. The van der Waals surface area contributed by atoms with Crippen LogP contribution in [0.15, 0.2) is 18.3 Å². The minimum Gasteiger partial charge on any atom is -0.479 e. The lowest BCUT2D eigenvalue weighted by Gasteiger charge is -2.18. The number of fused-ring (bicyclic) bond motifs is 1. The van der Waals surface area contributed by atoms with Crippen LogP contribution in [-0.4, -0.2) is 44.4 Å². The number of benzene rings is 1. The van der Waals surface area contributed by atoms with E-state index in [9.17, 15) is 14.7 Å². The van der Waals surface area contributed by atoms with Crippen molar-refractivity contribution < 1.29 is 19.8 Å². The Morgan fingerprint density at radius 1 is 1.45 bits per heavy atom. The number of aromatic nitrogens is 2. The van der Waals surface area contributed by atoms with Crippen LogP contribution in [0, 0.1) is 6.92 Å². The maximum Gasteiger partial charge on any atom is 0.337 e. The van der Waals surface area contributed by atoms with Crippen LogP contribution in [0.25, 0.3) is 10.9 Å². The summed E-state index contributed by atoms with van der Waals surface area (Å²) in [7, 11) is 0. The second-order valence-electron chi connectivity index (χ2n) is 4.91. The molecule has 1 aromatic carbocycles. The fourth-order valence-electron chi connectivity index (χ4n) is 1.81. The Morgan fingerprint density at radius 2 is 2.15 bits per heavy atom. The number of aliphatic carboxylic acids is 1. The monoisotopic (exact) mass is 277 g/mol. The zero-order valence-corrected chi connectivity index (χ0v) is 11.1. The van der Waals surface area contributed by atoms with Crippen molar-refractivity contribution in [3.05, 3.63) is 29.5 Å². The molecule has 0 saturated carbocycles. The van der Waals surface area contributed by atoms with E-state index in [2.05, 4.69) is 15.5 Å². The molecular weight excluding hydrogens is 262 g/mol. The maximum absolute atomic E-state index is 12.1. The molecule has 0 aliphatic heterocycles. The van der Waals surface area contributed by atoms with Gasteiger partial charge in [-0.05, 0) is 31.5 Å². The summed E-state index contributed by atoms with van der Waals surface area (Å²) >= 11 is 0. The van der Waals surface area contributed by atoms with E-state index < -0.39 is 17.5 Å². The van der Waals surface area contributed by atoms with Gasteiger partial charge >= 0.3 is 5.97 Å². The van der Waals surface area contributed by atoms with Gasteiger partial charge in [0.25, 0.3) is 5.91 Å². The third-order valence-corrected chi connectivity index (χ3v) is 2.99. The fraction of sp³-hybridized carbons (Fsp3) is 0.308. The summed E-state index contributed by atoms with van der Waals surface area (Å²) < 4.78 is 0. The number of rotatable bonds is 4. The number of carbonyl (C=O) groups is 2. The number of carbonyl (C=O) groups excluding carboxylic acids is 1. The van der Waals surface area contributed by atoms with Gasteiger partial charge in [0.05, 0.1) is 23.8 Å². The molecule has 0 radical (unpaired) electrons. The molecule has 0 fully saturated rings. The molecule has 0 aliphatic rings. The average molecular weight is 277 g/mol. The van der Waals surface area contributed by atoms with Gasteiger partial charge in [0.15, 0.2) is 5.60 Å². The maximum atomic E-state index is 12.1. The standard InChI is InChI=1S/C13H15N3O4/c1-7-3-8-5-15-16-10(8)9(4-7)11(17)14-6-13(2,20)12(18)19/h3-5,20H,6H2,1-2H3,(H,14,17)(H,15,16)(H,18,19). The third kappa shape index (κ3) is 2.62. The number of aryl methyl sites for hydroxylation is 1. The quantitative estimate of drug-likeness (QED) is 0.647. The lowest BCUT2D eigenvalue weighted by atomic mass is 10.1. The van der Waals surface area contributed by atoms with E-state index in [1.807, 2.05) is 13.0 Å². The molecule has 1 heterocycles. The van der Waals surface area contributed by atoms with E-state index in [-0.39, 0.29) is 6.54 Å². The van der Waals surface area contributed by atoms with Gasteiger partial charge in [0, 0.05) is 5.39 Å². The molecule has 0 bridgehead atoms. The summed E-state index contributed by atoms with van der Waals surface area (Å²) in [6, 6.07) is 3.55. The Morgan fingerprint density at radius 3 is 2.80 bits per heavy atom. The van der Waals surface area contributed by atoms with E-state index in [1.54, 1.807) is 12.3 Å². The van der Waals surface area contributed by atoms with Crippen molar-refractivity contribution in [3.8, 4) is 0 Å². The van der Waals surface area contributed by atoms with E-state index >= 15 is 0 Å². The average Bonchev–Trinajstić information content (AvgIpc) is 2.82. The smallest absolute Gasteiger partial charge is 0.337 e. The molecule has 7 heteroatoms. The Labute approximate surface area is 114 Å². The number of nitrogens with one attached hydrogen (secondary N) is 2. The molecule has 2 aromatic rings. The van der Waals surface area contributed by atoms with Crippen LogP contribution in [0.1, 0.15) is 22.8 Å². The first-order chi connectivity index (χ1) is 9.31. The summed E-state index contributed by atoms with van der Waals surface area (Å²) in [5.41, 5.74) is -0.192. The highest BCUT2D eigenvalue weighted by atomic mass is 16.4. The van der Waals surface area contributed by atoms with Gasteiger partial charge in [0.2, 0.25) is 0 Å². The van der Waals surface area contributed by atoms with Crippen molar-refractivity contribution in [1.82, 2.24) is 15.5 Å². The molecule has 1 atom stereocenters. The summed E-state index contributed by atoms with van der Waals surface area (Å²) in [5.74, 6) is -1.86. The molecule has 4 N–H and O–H groups in total. The molecule has 0 spiro atoms. The van der Waals surface area contributed by atoms with Gasteiger partial charge in [-0.25, -0.2) is 4.79 Å².